The third-order valence-electron chi connectivity index (χ3n) is 7.99. The van der Waals surface area contributed by atoms with Crippen LogP contribution in [0.5, 0.6) is 0 Å². The van der Waals surface area contributed by atoms with E-state index in [9.17, 15) is 39.0 Å². The first kappa shape index (κ1) is 44.0. The van der Waals surface area contributed by atoms with E-state index in [1.54, 1.807) is 0 Å². The fourth-order valence-corrected chi connectivity index (χ4v) is 5.46. The van der Waals surface area contributed by atoms with Crippen LogP contribution in [-0.4, -0.2) is 95.2 Å². The Morgan fingerprint density at radius 3 is 1.72 bits per heavy atom. The smallest absolute Gasteiger partial charge is 0.308 e. The predicted octanol–water partition coefficient (Wildman–Crippen LogP) is 1.26. The molecule has 0 saturated heterocycles. The van der Waals surface area contributed by atoms with E-state index < -0.39 is 84.3 Å². The Morgan fingerprint density at radius 1 is 0.700 bits per heavy atom. The molecule has 7 atom stereocenters. The molecule has 1 aromatic rings. The van der Waals surface area contributed by atoms with Crippen molar-refractivity contribution in [1.82, 2.24) is 26.6 Å². The minimum Gasteiger partial charge on any atom is -0.469 e. The molecule has 0 saturated carbocycles. The molecule has 282 valence electrons. The Labute approximate surface area is 296 Å². The second-order valence-corrected chi connectivity index (χ2v) is 13.7. The fourth-order valence-electron chi connectivity index (χ4n) is 5.46. The average molecular weight is 706 g/mol. The standard InChI is InChI=1S/C36H59N5O9/c1-9-13-26(39-36(49)29(38-24(7)42)18-25-14-11-10-12-15-25)35(48)41-27(16-21(2)3)30(43)19-32(45)37-23(6)34(47)40-28(17-22(4)5)31(44)20-33(46)50-8/h10-12,14-15,21-23,26-31,43-44H,9,13,16-20H2,1-8H3,(H,37,45)(H,38,42)(H,39,49)(H,40,47)(H,41,48)/t23-,26-,27-,28-,29-,30-,31-/m0/s1. The van der Waals surface area contributed by atoms with Crippen molar-refractivity contribution in [1.29, 1.82) is 0 Å². The van der Waals surface area contributed by atoms with Crippen LogP contribution in [0.2, 0.25) is 0 Å². The first-order chi connectivity index (χ1) is 23.5. The molecular formula is C36H59N5O9. The van der Waals surface area contributed by atoms with Gasteiger partial charge in [-0.3, -0.25) is 28.8 Å². The molecule has 7 N–H and O–H groups in total. The monoisotopic (exact) mass is 705 g/mol. The number of hydrogen-bond acceptors (Lipinski definition) is 9. The topological polar surface area (TPSA) is 212 Å². The molecule has 14 nitrogen and oxygen atoms in total. The van der Waals surface area contributed by atoms with E-state index in [0.29, 0.717) is 25.7 Å². The summed E-state index contributed by atoms with van der Waals surface area (Å²) in [5.74, 6) is -3.22. The average Bonchev–Trinajstić information content (AvgIpc) is 3.02. The van der Waals surface area contributed by atoms with Crippen molar-refractivity contribution in [2.45, 2.75) is 136 Å². The summed E-state index contributed by atoms with van der Waals surface area (Å²) in [7, 11) is 1.20. The van der Waals surface area contributed by atoms with E-state index in [-0.39, 0.29) is 24.7 Å². The minimum absolute atomic E-state index is 0.0197. The van der Waals surface area contributed by atoms with Crippen LogP contribution < -0.4 is 26.6 Å². The van der Waals surface area contributed by atoms with Gasteiger partial charge in [0.25, 0.3) is 0 Å². The van der Waals surface area contributed by atoms with Gasteiger partial charge in [-0.1, -0.05) is 71.4 Å². The first-order valence-electron chi connectivity index (χ1n) is 17.4. The van der Waals surface area contributed by atoms with Crippen LogP contribution in [0, 0.1) is 11.8 Å². The number of nitrogens with one attached hydrogen (secondary N) is 5. The van der Waals surface area contributed by atoms with Crippen molar-refractivity contribution in [2.75, 3.05) is 7.11 Å². The zero-order valence-corrected chi connectivity index (χ0v) is 30.8. The molecule has 0 unspecified atom stereocenters. The Bertz CT molecular complexity index is 1240. The molecular weight excluding hydrogens is 646 g/mol. The van der Waals surface area contributed by atoms with E-state index in [0.717, 1.165) is 5.56 Å². The quantitative estimate of drug-likeness (QED) is 0.0865. The largest absolute Gasteiger partial charge is 0.469 e. The number of methoxy groups -OCH3 is 1. The lowest BCUT2D eigenvalue weighted by molar-refractivity contribution is -0.144. The molecule has 0 heterocycles. The Kier molecular flexibility index (Phi) is 19.9. The summed E-state index contributed by atoms with van der Waals surface area (Å²) in [6.45, 7) is 12.2. The van der Waals surface area contributed by atoms with Crippen molar-refractivity contribution < 1.29 is 43.7 Å². The summed E-state index contributed by atoms with van der Waals surface area (Å²) in [5, 5.41) is 35.1. The lowest BCUT2D eigenvalue weighted by atomic mass is 9.96. The van der Waals surface area contributed by atoms with Gasteiger partial charge in [-0.15, -0.1) is 0 Å². The number of amides is 5. The van der Waals surface area contributed by atoms with E-state index >= 15 is 0 Å². The number of carbonyl (C=O) groups excluding carboxylic acids is 6. The Hall–Kier alpha value is -4.04. The maximum Gasteiger partial charge on any atom is 0.308 e. The third kappa shape index (κ3) is 17.1. The molecule has 0 spiro atoms. The number of aliphatic hydroxyl groups is 2. The molecule has 14 heteroatoms. The fraction of sp³-hybridized carbons (Fsp3) is 0.667. The number of benzene rings is 1. The molecule has 5 amide bonds. The van der Waals surface area contributed by atoms with Gasteiger partial charge in [-0.25, -0.2) is 0 Å². The van der Waals surface area contributed by atoms with E-state index in [2.05, 4.69) is 31.3 Å². The van der Waals surface area contributed by atoms with Crippen LogP contribution >= 0.6 is 0 Å². The number of esters is 1. The van der Waals surface area contributed by atoms with Crippen molar-refractivity contribution in [2.24, 2.45) is 11.8 Å². The first-order valence-corrected chi connectivity index (χ1v) is 17.4. The molecule has 1 aromatic carbocycles. The summed E-state index contributed by atoms with van der Waals surface area (Å²) in [5.41, 5.74) is 0.828. The molecule has 0 aromatic heterocycles. The predicted molar refractivity (Wildman–Crippen MR) is 188 cm³/mol. The molecule has 0 bridgehead atoms. The summed E-state index contributed by atoms with van der Waals surface area (Å²) in [4.78, 5) is 76.3. The highest BCUT2D eigenvalue weighted by Gasteiger charge is 2.32. The van der Waals surface area contributed by atoms with Crippen molar-refractivity contribution >= 4 is 35.5 Å². The number of aliphatic hydroxyl groups excluding tert-OH is 2. The molecule has 50 heavy (non-hydrogen) atoms. The van der Waals surface area contributed by atoms with Gasteiger partial charge in [0.05, 0.1) is 44.2 Å². The molecule has 0 aliphatic carbocycles. The lowest BCUT2D eigenvalue weighted by Crippen LogP contribution is -2.57. The van der Waals surface area contributed by atoms with Crippen LogP contribution in [0.3, 0.4) is 0 Å². The zero-order chi connectivity index (χ0) is 38.0. The van der Waals surface area contributed by atoms with Crippen molar-refractivity contribution in [3.8, 4) is 0 Å². The number of hydrogen-bond donors (Lipinski definition) is 7. The van der Waals surface area contributed by atoms with E-state index in [4.69, 9.17) is 0 Å². The Balaban J connectivity index is 2.96. The van der Waals surface area contributed by atoms with Crippen LogP contribution in [0.15, 0.2) is 30.3 Å². The van der Waals surface area contributed by atoms with Gasteiger partial charge in [0.15, 0.2) is 0 Å². The van der Waals surface area contributed by atoms with Gasteiger partial charge in [0, 0.05) is 13.3 Å². The minimum atomic E-state index is -1.32. The highest BCUT2D eigenvalue weighted by atomic mass is 16.5. The molecule has 0 aliphatic rings. The second-order valence-electron chi connectivity index (χ2n) is 13.7. The number of ether oxygens (including phenoxy) is 1. The van der Waals surface area contributed by atoms with Crippen LogP contribution in [-0.2, 0) is 39.9 Å². The summed E-state index contributed by atoms with van der Waals surface area (Å²) < 4.78 is 4.62. The van der Waals surface area contributed by atoms with Crippen LogP contribution in [0.1, 0.15) is 92.6 Å². The molecule has 0 fully saturated rings. The maximum atomic E-state index is 13.5. The van der Waals surface area contributed by atoms with Gasteiger partial charge in [0.2, 0.25) is 29.5 Å². The van der Waals surface area contributed by atoms with Crippen LogP contribution in [0.4, 0.5) is 0 Å². The normalized spacial score (nSPS) is 15.4. The number of rotatable bonds is 22. The highest BCUT2D eigenvalue weighted by molar-refractivity contribution is 5.92. The maximum absolute atomic E-state index is 13.5. The van der Waals surface area contributed by atoms with Gasteiger partial charge >= 0.3 is 5.97 Å². The SMILES string of the molecule is CCC[C@H](NC(=O)[C@H](Cc1ccccc1)NC(C)=O)C(=O)N[C@@H](CC(C)C)[C@@H](O)CC(=O)N[C@@H](C)C(=O)N[C@@H](CC(C)C)[C@@H](O)CC(=O)OC. The van der Waals surface area contributed by atoms with E-state index in [1.807, 2.05) is 65.0 Å². The van der Waals surface area contributed by atoms with E-state index in [1.165, 1.54) is 21.0 Å². The van der Waals surface area contributed by atoms with Gasteiger partial charge in [0.1, 0.15) is 18.1 Å². The molecule has 1 rings (SSSR count). The molecule has 0 radical (unpaired) electrons. The summed E-state index contributed by atoms with van der Waals surface area (Å²) >= 11 is 0. The second kappa shape index (κ2) is 22.6. The zero-order valence-electron chi connectivity index (χ0n) is 30.8. The van der Waals surface area contributed by atoms with Gasteiger partial charge in [-0.2, -0.15) is 0 Å². The van der Waals surface area contributed by atoms with Crippen molar-refractivity contribution in [3.63, 3.8) is 0 Å². The number of carbonyl (C=O) groups is 6. The third-order valence-corrected chi connectivity index (χ3v) is 7.99. The van der Waals surface area contributed by atoms with Crippen molar-refractivity contribution in [3.05, 3.63) is 35.9 Å². The Morgan fingerprint density at radius 2 is 1.22 bits per heavy atom. The molecule has 0 aliphatic heterocycles. The summed E-state index contributed by atoms with van der Waals surface area (Å²) in [6.07, 6.45) is -1.49. The lowest BCUT2D eigenvalue weighted by Gasteiger charge is -2.29. The highest BCUT2D eigenvalue weighted by Crippen LogP contribution is 2.14. The van der Waals surface area contributed by atoms with Gasteiger partial charge < -0.3 is 41.5 Å². The van der Waals surface area contributed by atoms with Crippen LogP contribution in [0.25, 0.3) is 0 Å². The summed E-state index contributed by atoms with van der Waals surface area (Å²) in [6, 6.07) is 4.62. The van der Waals surface area contributed by atoms with Gasteiger partial charge in [-0.05, 0) is 43.6 Å².